The number of anilines is 1. The number of nitrogen functional groups attached to an aromatic ring is 1. The van der Waals surface area contributed by atoms with Crippen LogP contribution in [-0.4, -0.2) is 91.2 Å². The second kappa shape index (κ2) is 12.8. The number of carbonyl (C=O) groups excluding carboxylic acids is 4. The van der Waals surface area contributed by atoms with Crippen LogP contribution in [0.4, 0.5) is 5.13 Å². The van der Waals surface area contributed by atoms with E-state index < -0.39 is 65.5 Å². The first-order valence-electron chi connectivity index (χ1n) is 10.7. The van der Waals surface area contributed by atoms with E-state index in [1.165, 1.54) is 19.2 Å². The van der Waals surface area contributed by atoms with E-state index in [1.807, 2.05) is 0 Å². The number of β-lactam (4-membered cyclic amide) rings is 1. The summed E-state index contributed by atoms with van der Waals surface area (Å²) in [5.41, 5.74) is 3.35. The van der Waals surface area contributed by atoms with E-state index in [9.17, 15) is 32.1 Å². The van der Waals surface area contributed by atoms with Gasteiger partial charge in [-0.3, -0.25) is 9.59 Å². The van der Waals surface area contributed by atoms with Crippen LogP contribution in [-0.2, 0) is 43.8 Å². The summed E-state index contributed by atoms with van der Waals surface area (Å²) in [5, 5.41) is 7.25. The molecule has 2 atom stereocenters. The molecule has 0 radical (unpaired) electrons. The molecule has 1 aliphatic heterocycles. The van der Waals surface area contributed by atoms with Crippen LogP contribution in [0.25, 0.3) is 0 Å². The molecule has 0 unspecified atom stereocenters. The van der Waals surface area contributed by atoms with Gasteiger partial charge in [-0.2, -0.15) is 0 Å². The van der Waals surface area contributed by atoms with E-state index in [0.29, 0.717) is 0 Å². The first kappa shape index (κ1) is 33.9. The van der Waals surface area contributed by atoms with Crippen LogP contribution in [0.3, 0.4) is 0 Å². The molecule has 0 saturated carbocycles. The topological polar surface area (TPSA) is 220 Å². The van der Waals surface area contributed by atoms with Crippen molar-refractivity contribution in [2.24, 2.45) is 5.16 Å². The monoisotopic (exact) mass is 601 g/mol. The summed E-state index contributed by atoms with van der Waals surface area (Å²) in [6, 6.07) is -2.97. The number of hydrogen-bond donors (Lipinski definition) is 2. The van der Waals surface area contributed by atoms with Gasteiger partial charge in [0.1, 0.15) is 11.7 Å². The average Bonchev–Trinajstić information content (AvgIpc) is 3.18. The van der Waals surface area contributed by atoms with Gasteiger partial charge in [0.25, 0.3) is 11.8 Å². The third-order valence-corrected chi connectivity index (χ3v) is 8.21. The molecule has 15 nitrogen and oxygen atoms in total. The molecule has 38 heavy (non-hydrogen) atoms. The molecule has 2 rings (SSSR count). The van der Waals surface area contributed by atoms with Gasteiger partial charge in [0.2, 0.25) is 5.60 Å². The fourth-order valence-corrected chi connectivity index (χ4v) is 4.92. The maximum Gasteiger partial charge on any atom is 1.00 e. The van der Waals surface area contributed by atoms with Crippen molar-refractivity contribution in [3.63, 3.8) is 0 Å². The van der Waals surface area contributed by atoms with Gasteiger partial charge in [0.15, 0.2) is 27.2 Å². The summed E-state index contributed by atoms with van der Waals surface area (Å²) >= 11 is 0.948. The van der Waals surface area contributed by atoms with Gasteiger partial charge in [-0.25, -0.2) is 27.3 Å². The van der Waals surface area contributed by atoms with Crippen molar-refractivity contribution in [2.45, 2.75) is 57.2 Å². The Morgan fingerprint density at radius 1 is 1.32 bits per heavy atom. The fourth-order valence-electron chi connectivity index (χ4n) is 2.84. The van der Waals surface area contributed by atoms with Gasteiger partial charge in [-0.05, 0) is 19.9 Å². The van der Waals surface area contributed by atoms with Gasteiger partial charge in [0, 0.05) is 13.5 Å². The van der Waals surface area contributed by atoms with E-state index in [0.717, 1.165) is 24.5 Å². The number of amides is 2. The van der Waals surface area contributed by atoms with E-state index in [-0.39, 0.29) is 51.3 Å². The van der Waals surface area contributed by atoms with Gasteiger partial charge in [-0.15, -0.1) is 11.3 Å². The zero-order valence-electron chi connectivity index (χ0n) is 22.0. The van der Waals surface area contributed by atoms with Crippen molar-refractivity contribution in [1.29, 1.82) is 0 Å². The summed E-state index contributed by atoms with van der Waals surface area (Å²) in [6.07, 6.45) is 0. The molecule has 1 aromatic heterocycles. The molecule has 0 aliphatic carbocycles. The fraction of sp³-hybridized carbons (Fsp3) is 0.579. The standard InChI is InChI=1S/C19H29N5O10S2Si.Na/c1-19(2,17(28)33-7-8-37(4,5)6)34-23-11(10-9-35-18(20)21-10)14(25)22-12-13(16(27)32-3)24(15(12)26)36(29,30)31;/h9,12-13H,7-8H2,1-6H3,(H2,20,21)(H,22,25)(H,29,30,31);/q;+1/p-1/t12-,13-;/m0./s1. The van der Waals surface area contributed by atoms with Crippen LogP contribution in [0.15, 0.2) is 10.5 Å². The number of aromatic nitrogens is 1. The minimum atomic E-state index is -5.36. The van der Waals surface area contributed by atoms with Crippen molar-refractivity contribution in [2.75, 3.05) is 19.5 Å². The summed E-state index contributed by atoms with van der Waals surface area (Å²) in [5.74, 6) is -4.49. The molecule has 2 amide bonds. The molecule has 0 spiro atoms. The number of carbonyl (C=O) groups is 4. The molecule has 0 bridgehead atoms. The number of oxime groups is 1. The van der Waals surface area contributed by atoms with Crippen LogP contribution in [0.5, 0.6) is 0 Å². The number of nitrogens with zero attached hydrogens (tertiary/aromatic N) is 3. The van der Waals surface area contributed by atoms with Crippen LogP contribution in [0.2, 0.25) is 25.7 Å². The first-order valence-corrected chi connectivity index (χ1v) is 16.7. The Labute approximate surface area is 246 Å². The number of nitrogens with one attached hydrogen (secondary N) is 1. The number of hydrogen-bond acceptors (Lipinski definition) is 14. The molecule has 19 heteroatoms. The number of esters is 2. The van der Waals surface area contributed by atoms with Crippen molar-refractivity contribution >= 4 is 64.3 Å². The van der Waals surface area contributed by atoms with Crippen molar-refractivity contribution < 1.29 is 76.0 Å². The molecule has 1 aliphatic rings. The number of methoxy groups -OCH3 is 1. The van der Waals surface area contributed by atoms with Gasteiger partial charge in [-0.1, -0.05) is 24.8 Å². The Morgan fingerprint density at radius 2 is 1.92 bits per heavy atom. The second-order valence-corrected chi connectivity index (χ2v) is 17.3. The Bertz CT molecular complexity index is 1210. The molecule has 2 heterocycles. The van der Waals surface area contributed by atoms with Gasteiger partial charge >= 0.3 is 41.5 Å². The smallest absolute Gasteiger partial charge is 0.731 e. The Balaban J connectivity index is 0.00000722. The van der Waals surface area contributed by atoms with Crippen molar-refractivity contribution in [1.82, 2.24) is 14.6 Å². The Morgan fingerprint density at radius 3 is 2.39 bits per heavy atom. The van der Waals surface area contributed by atoms with Crippen molar-refractivity contribution in [3.05, 3.63) is 11.1 Å². The number of rotatable bonds is 11. The molecule has 0 aromatic carbocycles. The van der Waals surface area contributed by atoms with E-state index in [4.69, 9.17) is 15.3 Å². The SMILES string of the molecule is COC(=O)[C@@H]1[C@H](NC(=O)C(=NOC(C)(C)C(=O)OCC[Si](C)(C)C)c2csc(N)n2)C(=O)N1S(=O)(=O)[O-].[Na+]. The molecular weight excluding hydrogens is 573 g/mol. The summed E-state index contributed by atoms with van der Waals surface area (Å²) in [7, 11) is -5.92. The summed E-state index contributed by atoms with van der Waals surface area (Å²) in [6.45, 7) is 9.23. The number of ether oxygens (including phenoxy) is 2. The minimum absolute atomic E-state index is 0. The van der Waals surface area contributed by atoms with Crippen LogP contribution < -0.4 is 40.6 Å². The Hall–Kier alpha value is -2.09. The maximum absolute atomic E-state index is 13.0. The van der Waals surface area contributed by atoms with Crippen LogP contribution >= 0.6 is 11.3 Å². The predicted octanol–water partition coefficient (Wildman–Crippen LogP) is -3.56. The summed E-state index contributed by atoms with van der Waals surface area (Å²) < 4.78 is 43.6. The minimum Gasteiger partial charge on any atom is -0.731 e. The molecule has 3 N–H and O–H groups in total. The first-order chi connectivity index (χ1) is 16.9. The molecule has 1 aromatic rings. The van der Waals surface area contributed by atoms with Gasteiger partial charge in [0.05, 0.1) is 13.7 Å². The molecule has 1 fully saturated rings. The van der Waals surface area contributed by atoms with E-state index in [1.54, 1.807) is 0 Å². The Kier molecular flexibility index (Phi) is 11.5. The largest absolute Gasteiger partial charge is 1.00 e. The zero-order valence-corrected chi connectivity index (χ0v) is 26.6. The zero-order chi connectivity index (χ0) is 28.3. The van der Waals surface area contributed by atoms with E-state index in [2.05, 4.69) is 39.8 Å². The van der Waals surface area contributed by atoms with Crippen LogP contribution in [0.1, 0.15) is 19.5 Å². The number of nitrogens with two attached hydrogens (primary N) is 1. The summed E-state index contributed by atoms with van der Waals surface area (Å²) in [4.78, 5) is 59.1. The molecular formula is C19H28N5NaO10S2Si. The third kappa shape index (κ3) is 8.45. The second-order valence-electron chi connectivity index (χ2n) is 9.57. The average molecular weight is 602 g/mol. The third-order valence-electron chi connectivity index (χ3n) is 4.94. The normalized spacial score (nSPS) is 18.1. The molecule has 1 saturated heterocycles. The quantitative estimate of drug-likeness (QED) is 0.0628. The maximum atomic E-state index is 13.0. The van der Waals surface area contributed by atoms with E-state index >= 15 is 0 Å². The van der Waals surface area contributed by atoms with Gasteiger partial charge < -0.3 is 29.9 Å². The predicted molar refractivity (Wildman–Crippen MR) is 132 cm³/mol. The molecule has 206 valence electrons. The van der Waals surface area contributed by atoms with Crippen molar-refractivity contribution in [3.8, 4) is 0 Å². The van der Waals surface area contributed by atoms with Crippen LogP contribution in [0, 0.1) is 0 Å². The number of thiazole rings is 1.